The highest BCUT2D eigenvalue weighted by Crippen LogP contribution is 2.61. The Labute approximate surface area is 95.9 Å². The van der Waals surface area contributed by atoms with Gasteiger partial charge in [0, 0.05) is 0 Å². The molecule has 0 amide bonds. The molecule has 0 saturated carbocycles. The summed E-state index contributed by atoms with van der Waals surface area (Å²) in [5.74, 6) is -1.57. The van der Waals surface area contributed by atoms with E-state index in [0.717, 1.165) is 0 Å². The molecule has 0 rings (SSSR count). The first-order valence-electron chi connectivity index (χ1n) is 3.55. The molecule has 0 heterocycles. The van der Waals surface area contributed by atoms with Gasteiger partial charge in [0.15, 0.2) is 6.61 Å². The predicted octanol–water partition coefficient (Wildman–Crippen LogP) is 4.25. The van der Waals surface area contributed by atoms with E-state index in [9.17, 15) is 30.9 Å². The highest BCUT2D eigenvalue weighted by molar-refractivity contribution is 8.56. The van der Waals surface area contributed by atoms with E-state index in [1.165, 1.54) is 0 Å². The van der Waals surface area contributed by atoms with Crippen LogP contribution in [-0.4, -0.2) is 30.3 Å². The lowest BCUT2D eigenvalue weighted by molar-refractivity contribution is -0.152. The fraction of sp³-hybridized carbons (Fsp3) is 1.00. The van der Waals surface area contributed by atoms with Gasteiger partial charge >= 0.3 is 12.4 Å². The molecular weight excluding hydrogens is 305 g/mol. The van der Waals surface area contributed by atoms with Crippen LogP contribution in [0.4, 0.5) is 26.3 Å². The van der Waals surface area contributed by atoms with E-state index >= 15 is 0 Å². The van der Waals surface area contributed by atoms with Crippen LogP contribution in [0.3, 0.4) is 0 Å². The van der Waals surface area contributed by atoms with Crippen molar-refractivity contribution in [3.8, 4) is 0 Å². The Hall–Kier alpha value is 0.410. The largest absolute Gasteiger partial charge is 0.412 e. The molecule has 11 heteroatoms. The van der Waals surface area contributed by atoms with E-state index < -0.39 is 36.9 Å². The number of halogens is 7. The minimum Gasteiger partial charge on any atom is -0.311 e. The summed E-state index contributed by atoms with van der Waals surface area (Å²) >= 11 is 4.77. The third-order valence-electron chi connectivity index (χ3n) is 0.996. The second kappa shape index (κ2) is 5.84. The monoisotopic (exact) mass is 310 g/mol. The van der Waals surface area contributed by atoms with Gasteiger partial charge in [0.25, 0.3) is 6.57 Å². The maximum Gasteiger partial charge on any atom is 0.412 e. The predicted molar refractivity (Wildman–Crippen MR) is 48.8 cm³/mol. The lowest BCUT2D eigenvalue weighted by atomic mass is 10.7. The van der Waals surface area contributed by atoms with Gasteiger partial charge in [-0.15, -0.1) is 11.6 Å². The summed E-state index contributed by atoms with van der Waals surface area (Å²) in [5.41, 5.74) is -0.913. The van der Waals surface area contributed by atoms with E-state index in [0.29, 0.717) is 0 Å². The summed E-state index contributed by atoms with van der Waals surface area (Å²) in [5, 5.41) is 0. The van der Waals surface area contributed by atoms with Crippen LogP contribution in [0.5, 0.6) is 0 Å². The maximum atomic E-state index is 11.7. The highest BCUT2D eigenvalue weighted by Gasteiger charge is 2.37. The molecule has 0 fully saturated rings. The molecule has 0 aromatic carbocycles. The first-order valence-corrected chi connectivity index (χ1v) is 7.48. The van der Waals surface area contributed by atoms with Gasteiger partial charge < -0.3 is 4.52 Å². The van der Waals surface area contributed by atoms with Gasteiger partial charge in [-0.3, -0.25) is 4.57 Å². The fourth-order valence-corrected chi connectivity index (χ4v) is 3.79. The third-order valence-corrected chi connectivity index (χ3v) is 6.30. The van der Waals surface area contributed by atoms with Crippen LogP contribution < -0.4 is 0 Å². The van der Waals surface area contributed by atoms with Gasteiger partial charge in [-0.1, -0.05) is 11.4 Å². The minimum atomic E-state index is -4.76. The normalized spacial score (nSPS) is 17.2. The van der Waals surface area contributed by atoms with Crippen molar-refractivity contribution in [2.45, 2.75) is 12.4 Å². The third kappa shape index (κ3) is 8.55. The van der Waals surface area contributed by atoms with Crippen molar-refractivity contribution in [2.24, 2.45) is 0 Å². The molecule has 0 bridgehead atoms. The van der Waals surface area contributed by atoms with Crippen LogP contribution in [0.2, 0.25) is 0 Å². The molecule has 0 spiro atoms. The number of rotatable bonds is 5. The van der Waals surface area contributed by atoms with Crippen molar-refractivity contribution < 1.29 is 35.4 Å². The molecule has 0 radical (unpaired) electrons. The Balaban J connectivity index is 4.28. The maximum absolute atomic E-state index is 11.7. The second-order valence-corrected chi connectivity index (χ2v) is 7.93. The minimum absolute atomic E-state index is 0.252. The van der Waals surface area contributed by atoms with E-state index in [4.69, 9.17) is 11.6 Å². The highest BCUT2D eigenvalue weighted by atomic mass is 35.5. The number of hydrogen-bond donors (Lipinski definition) is 0. The Bertz CT molecular complexity index is 245. The zero-order valence-electron chi connectivity index (χ0n) is 7.44. The van der Waals surface area contributed by atoms with Gasteiger partial charge in [-0.2, -0.15) is 26.3 Å². The second-order valence-electron chi connectivity index (χ2n) is 2.51. The molecule has 0 saturated heterocycles. The summed E-state index contributed by atoms with van der Waals surface area (Å²) in [6, 6.07) is 0. The molecule has 0 N–H and O–H groups in total. The van der Waals surface area contributed by atoms with Gasteiger partial charge in [-0.25, -0.2) is 0 Å². The lowest BCUT2D eigenvalue weighted by Crippen LogP contribution is -2.16. The summed E-state index contributed by atoms with van der Waals surface area (Å²) < 4.78 is 85.4. The molecule has 1 unspecified atom stereocenters. The molecule has 1 atom stereocenters. The van der Waals surface area contributed by atoms with Crippen LogP contribution in [-0.2, 0) is 9.09 Å². The average Bonchev–Trinajstić information content (AvgIpc) is 2.09. The first kappa shape index (κ1) is 16.4. The topological polar surface area (TPSA) is 26.3 Å². The zero-order valence-corrected chi connectivity index (χ0v) is 9.91. The molecule has 0 aromatic heterocycles. The molecule has 0 aliphatic carbocycles. The van der Waals surface area contributed by atoms with Crippen molar-refractivity contribution in [3.05, 3.63) is 0 Å². The standard InChI is InChI=1S/C5H6ClF6O2PS/c6-3-15(13,14-1-4(7,8)9)16-2-5(10,11)12/h1-3H2. The molecule has 2 nitrogen and oxygen atoms in total. The Morgan fingerprint density at radius 1 is 1.12 bits per heavy atom. The quantitative estimate of drug-likeness (QED) is 0.431. The molecular formula is C5H6ClF6O2PS. The molecule has 98 valence electrons. The number of hydrogen-bond acceptors (Lipinski definition) is 3. The fourth-order valence-electron chi connectivity index (χ4n) is 0.449. The average molecular weight is 311 g/mol. The molecule has 16 heavy (non-hydrogen) atoms. The Morgan fingerprint density at radius 2 is 1.62 bits per heavy atom. The number of alkyl halides is 7. The van der Waals surface area contributed by atoms with Crippen LogP contribution in [0.25, 0.3) is 0 Å². The smallest absolute Gasteiger partial charge is 0.311 e. The van der Waals surface area contributed by atoms with Crippen molar-refractivity contribution in [1.82, 2.24) is 0 Å². The zero-order chi connectivity index (χ0) is 13.0. The van der Waals surface area contributed by atoms with Crippen molar-refractivity contribution in [2.75, 3.05) is 18.0 Å². The molecule has 0 aliphatic rings. The first-order chi connectivity index (χ1) is 6.97. The van der Waals surface area contributed by atoms with Crippen molar-refractivity contribution in [1.29, 1.82) is 0 Å². The van der Waals surface area contributed by atoms with Gasteiger partial charge in [-0.05, 0) is 0 Å². The Kier molecular flexibility index (Phi) is 5.99. The van der Waals surface area contributed by atoms with E-state index in [1.807, 2.05) is 0 Å². The van der Waals surface area contributed by atoms with Crippen molar-refractivity contribution >= 4 is 29.6 Å². The van der Waals surface area contributed by atoms with Crippen LogP contribution in [0, 0.1) is 0 Å². The summed E-state index contributed by atoms with van der Waals surface area (Å²) in [6.45, 7) is -6.04. The van der Waals surface area contributed by atoms with Crippen LogP contribution >= 0.6 is 29.6 Å². The van der Waals surface area contributed by atoms with E-state index in [1.54, 1.807) is 0 Å². The van der Waals surface area contributed by atoms with Gasteiger partial charge in [0.05, 0.1) is 5.75 Å². The van der Waals surface area contributed by atoms with Gasteiger partial charge in [0.2, 0.25) is 0 Å². The van der Waals surface area contributed by atoms with E-state index in [-0.39, 0.29) is 11.4 Å². The van der Waals surface area contributed by atoms with Crippen LogP contribution in [0.1, 0.15) is 0 Å². The Morgan fingerprint density at radius 3 is 1.94 bits per heavy atom. The van der Waals surface area contributed by atoms with Gasteiger partial charge in [0.1, 0.15) is 5.62 Å². The SMILES string of the molecule is O=P(CCl)(OCC(F)(F)F)SCC(F)(F)F. The summed E-state index contributed by atoms with van der Waals surface area (Å²) in [6.07, 6.45) is -9.41. The van der Waals surface area contributed by atoms with E-state index in [2.05, 4.69) is 4.52 Å². The van der Waals surface area contributed by atoms with Crippen molar-refractivity contribution in [3.63, 3.8) is 0 Å². The lowest BCUT2D eigenvalue weighted by Gasteiger charge is -2.17. The molecule has 0 aromatic rings. The summed E-state index contributed by atoms with van der Waals surface area (Å²) in [7, 11) is 0. The molecule has 0 aliphatic heterocycles. The van der Waals surface area contributed by atoms with Crippen LogP contribution in [0.15, 0.2) is 0 Å². The summed E-state index contributed by atoms with van der Waals surface area (Å²) in [4.78, 5) is 0.